The van der Waals surface area contributed by atoms with Gasteiger partial charge in [0.2, 0.25) is 0 Å². The molecule has 1 atom stereocenters. The molecule has 0 saturated carbocycles. The topological polar surface area (TPSA) is 69.5 Å². The molecule has 0 spiro atoms. The summed E-state index contributed by atoms with van der Waals surface area (Å²) >= 11 is 3.48. The quantitative estimate of drug-likeness (QED) is 0.347. The zero-order valence-corrected chi connectivity index (χ0v) is 17.1. The minimum absolute atomic E-state index is 0. The largest absolute Gasteiger partial charge is 0.387 e. The van der Waals surface area contributed by atoms with Crippen LogP contribution in [0.3, 0.4) is 0 Å². The van der Waals surface area contributed by atoms with E-state index in [9.17, 15) is 5.11 Å². The number of hydrogen-bond acceptors (Lipinski definition) is 5. The maximum atomic E-state index is 10.3. The Bertz CT molecular complexity index is 475. The average molecular weight is 456 g/mol. The molecule has 1 fully saturated rings. The molecule has 5 nitrogen and oxygen atoms in total. The van der Waals surface area contributed by atoms with Crippen LogP contribution < -0.4 is 10.6 Å². The average Bonchev–Trinajstić information content (AvgIpc) is 3.06. The van der Waals surface area contributed by atoms with E-state index >= 15 is 0 Å². The van der Waals surface area contributed by atoms with E-state index in [-0.39, 0.29) is 24.0 Å². The number of nitrogens with zero attached hydrogens (tertiary/aromatic N) is 2. The molecule has 0 radical (unpaired) electrons. The molecule has 2 heterocycles. The lowest BCUT2D eigenvalue weighted by Gasteiger charge is -2.19. The number of aryl methyl sites for hydroxylation is 1. The van der Waals surface area contributed by atoms with Crippen molar-refractivity contribution in [2.24, 2.45) is 4.99 Å². The first kappa shape index (κ1) is 20.0. The van der Waals surface area contributed by atoms with Crippen LogP contribution in [0.1, 0.15) is 24.0 Å². The van der Waals surface area contributed by atoms with Gasteiger partial charge in [0.1, 0.15) is 0 Å². The standard InChI is InChI=1S/C14H24N4OS2.HI/c1-3-15-13(17-9-14(19)5-7-20-10-14)16-6-4-12-8-21-11(2)18-12;/h8,19H,3-7,9-10H2,1-2H3,(H2,15,16,17);1H. The van der Waals surface area contributed by atoms with Crippen LogP contribution in [0.5, 0.6) is 0 Å². The molecule has 0 aromatic carbocycles. The van der Waals surface area contributed by atoms with E-state index in [0.29, 0.717) is 6.54 Å². The van der Waals surface area contributed by atoms with Gasteiger partial charge in [-0.15, -0.1) is 35.3 Å². The maximum absolute atomic E-state index is 10.3. The van der Waals surface area contributed by atoms with Crippen LogP contribution >= 0.6 is 47.1 Å². The molecule has 1 aliphatic heterocycles. The minimum Gasteiger partial charge on any atom is -0.387 e. The van der Waals surface area contributed by atoms with Gasteiger partial charge in [-0.2, -0.15) is 11.8 Å². The highest BCUT2D eigenvalue weighted by atomic mass is 127. The van der Waals surface area contributed by atoms with Crippen molar-refractivity contribution in [3.05, 3.63) is 16.1 Å². The number of nitrogens with one attached hydrogen (secondary N) is 2. The van der Waals surface area contributed by atoms with E-state index in [2.05, 4.69) is 26.0 Å². The Balaban J connectivity index is 0.00000242. The fourth-order valence-corrected chi connectivity index (χ4v) is 4.05. The van der Waals surface area contributed by atoms with Crippen LogP contribution in [0.4, 0.5) is 0 Å². The summed E-state index contributed by atoms with van der Waals surface area (Å²) in [6.07, 6.45) is 1.72. The number of halogens is 1. The molecule has 3 N–H and O–H groups in total. The SMILES string of the molecule is CCNC(=NCC1(O)CCSC1)NCCc1csc(C)n1.I. The summed E-state index contributed by atoms with van der Waals surface area (Å²) in [5.41, 5.74) is 0.491. The highest BCUT2D eigenvalue weighted by molar-refractivity contribution is 14.0. The van der Waals surface area contributed by atoms with E-state index in [1.165, 1.54) is 0 Å². The number of aliphatic imine (C=N–C) groups is 1. The predicted octanol–water partition coefficient (Wildman–Crippen LogP) is 2.04. The van der Waals surface area contributed by atoms with Crippen LogP contribution in [-0.2, 0) is 6.42 Å². The monoisotopic (exact) mass is 456 g/mol. The molecular formula is C14H25IN4OS2. The molecule has 1 unspecified atom stereocenters. The summed E-state index contributed by atoms with van der Waals surface area (Å²) < 4.78 is 0. The van der Waals surface area contributed by atoms with Crippen LogP contribution in [-0.4, -0.2) is 52.8 Å². The van der Waals surface area contributed by atoms with Crippen molar-refractivity contribution >= 4 is 53.0 Å². The van der Waals surface area contributed by atoms with Crippen LogP contribution in [0.25, 0.3) is 0 Å². The summed E-state index contributed by atoms with van der Waals surface area (Å²) in [4.78, 5) is 8.97. The Kier molecular flexibility index (Phi) is 9.03. The molecular weight excluding hydrogens is 431 g/mol. The van der Waals surface area contributed by atoms with Crippen molar-refractivity contribution in [2.45, 2.75) is 32.3 Å². The molecule has 1 saturated heterocycles. The van der Waals surface area contributed by atoms with E-state index in [1.807, 2.05) is 13.8 Å². The highest BCUT2D eigenvalue weighted by Gasteiger charge is 2.31. The molecule has 1 aromatic rings. The maximum Gasteiger partial charge on any atom is 0.191 e. The van der Waals surface area contributed by atoms with E-state index in [0.717, 1.165) is 54.1 Å². The third kappa shape index (κ3) is 6.59. The number of aliphatic hydroxyl groups is 1. The molecule has 8 heteroatoms. The molecule has 0 aliphatic carbocycles. The number of hydrogen-bond donors (Lipinski definition) is 3. The van der Waals surface area contributed by atoms with Crippen molar-refractivity contribution < 1.29 is 5.11 Å². The van der Waals surface area contributed by atoms with Gasteiger partial charge in [-0.1, -0.05) is 0 Å². The third-order valence-electron chi connectivity index (χ3n) is 3.30. The van der Waals surface area contributed by atoms with E-state index < -0.39 is 5.60 Å². The minimum atomic E-state index is -0.626. The van der Waals surface area contributed by atoms with Gasteiger partial charge in [0.25, 0.3) is 0 Å². The van der Waals surface area contributed by atoms with Gasteiger partial charge in [0.15, 0.2) is 5.96 Å². The second kappa shape index (κ2) is 9.94. The zero-order chi connectivity index (χ0) is 15.1. The molecule has 0 amide bonds. The van der Waals surface area contributed by atoms with Gasteiger partial charge in [-0.05, 0) is 26.0 Å². The van der Waals surface area contributed by atoms with Crippen molar-refractivity contribution in [3.63, 3.8) is 0 Å². The second-order valence-electron chi connectivity index (χ2n) is 5.26. The highest BCUT2D eigenvalue weighted by Crippen LogP contribution is 2.27. The fraction of sp³-hybridized carbons (Fsp3) is 0.714. The molecule has 2 rings (SSSR count). The van der Waals surface area contributed by atoms with Crippen LogP contribution in [0, 0.1) is 6.92 Å². The summed E-state index contributed by atoms with van der Waals surface area (Å²) in [6.45, 7) is 6.14. The predicted molar refractivity (Wildman–Crippen MR) is 107 cm³/mol. The lowest BCUT2D eigenvalue weighted by atomic mass is 10.1. The van der Waals surface area contributed by atoms with E-state index in [1.54, 1.807) is 23.1 Å². The molecule has 0 bridgehead atoms. The van der Waals surface area contributed by atoms with Crippen molar-refractivity contribution in [2.75, 3.05) is 31.1 Å². The van der Waals surface area contributed by atoms with Crippen molar-refractivity contribution in [1.82, 2.24) is 15.6 Å². The third-order valence-corrected chi connectivity index (χ3v) is 5.35. The molecule has 1 aliphatic rings. The zero-order valence-electron chi connectivity index (χ0n) is 13.1. The van der Waals surface area contributed by atoms with Gasteiger partial charge in [0, 0.05) is 30.6 Å². The molecule has 1 aromatic heterocycles. The number of thiazole rings is 1. The summed E-state index contributed by atoms with van der Waals surface area (Å²) in [7, 11) is 0. The number of rotatable bonds is 6. The Hall–Kier alpha value is -0.0600. The van der Waals surface area contributed by atoms with E-state index in [4.69, 9.17) is 0 Å². The number of aromatic nitrogens is 1. The van der Waals surface area contributed by atoms with Crippen molar-refractivity contribution in [1.29, 1.82) is 0 Å². The van der Waals surface area contributed by atoms with Gasteiger partial charge >= 0.3 is 0 Å². The first-order valence-electron chi connectivity index (χ1n) is 7.34. The first-order valence-corrected chi connectivity index (χ1v) is 9.38. The first-order chi connectivity index (χ1) is 10.1. The van der Waals surface area contributed by atoms with Crippen LogP contribution in [0.2, 0.25) is 0 Å². The Morgan fingerprint density at radius 2 is 2.32 bits per heavy atom. The Morgan fingerprint density at radius 1 is 1.50 bits per heavy atom. The molecule has 126 valence electrons. The lowest BCUT2D eigenvalue weighted by molar-refractivity contribution is 0.0778. The van der Waals surface area contributed by atoms with Gasteiger partial charge in [0.05, 0.1) is 22.8 Å². The Labute approximate surface area is 157 Å². The second-order valence-corrected chi connectivity index (χ2v) is 7.42. The normalized spacial score (nSPS) is 21.5. The van der Waals surface area contributed by atoms with Crippen molar-refractivity contribution in [3.8, 4) is 0 Å². The van der Waals surface area contributed by atoms with Gasteiger partial charge < -0.3 is 15.7 Å². The molecule has 22 heavy (non-hydrogen) atoms. The number of thioether (sulfide) groups is 1. The van der Waals surface area contributed by atoms with Gasteiger partial charge in [-0.3, -0.25) is 4.99 Å². The summed E-state index contributed by atoms with van der Waals surface area (Å²) in [6, 6.07) is 0. The smallest absolute Gasteiger partial charge is 0.191 e. The number of guanidine groups is 1. The Morgan fingerprint density at radius 3 is 2.91 bits per heavy atom. The lowest BCUT2D eigenvalue weighted by Crippen LogP contribution is -2.40. The van der Waals surface area contributed by atoms with Gasteiger partial charge in [-0.25, -0.2) is 4.98 Å². The fourth-order valence-electron chi connectivity index (χ4n) is 2.12. The summed E-state index contributed by atoms with van der Waals surface area (Å²) in [5.74, 6) is 2.59. The summed E-state index contributed by atoms with van der Waals surface area (Å²) in [5, 5.41) is 20.0. The van der Waals surface area contributed by atoms with Crippen LogP contribution in [0.15, 0.2) is 10.4 Å².